The third kappa shape index (κ3) is 6.05. The minimum atomic E-state index is -0.371. The highest BCUT2D eigenvalue weighted by atomic mass is 16.5. The highest BCUT2D eigenvalue weighted by Crippen LogP contribution is 2.21. The Morgan fingerprint density at radius 3 is 2.88 bits per heavy atom. The van der Waals surface area contributed by atoms with Gasteiger partial charge in [-0.25, -0.2) is 9.78 Å². The van der Waals surface area contributed by atoms with Gasteiger partial charge in [-0.1, -0.05) is 18.2 Å². The first-order valence-corrected chi connectivity index (χ1v) is 10.8. The smallest absolute Gasteiger partial charge is 0.320 e. The van der Waals surface area contributed by atoms with Crippen LogP contribution in [0.1, 0.15) is 11.3 Å². The molecular weight excluding hydrogens is 418 g/mol. The van der Waals surface area contributed by atoms with Crippen LogP contribution in [-0.2, 0) is 4.74 Å². The van der Waals surface area contributed by atoms with Gasteiger partial charge in [0.2, 0.25) is 0 Å². The van der Waals surface area contributed by atoms with Gasteiger partial charge >= 0.3 is 6.03 Å². The van der Waals surface area contributed by atoms with E-state index in [0.29, 0.717) is 36.8 Å². The molecule has 1 aliphatic heterocycles. The molecule has 2 amide bonds. The molecule has 2 aromatic heterocycles. The fraction of sp³-hybridized carbons (Fsp3) is 0.250. The lowest BCUT2D eigenvalue weighted by Gasteiger charge is -2.34. The van der Waals surface area contributed by atoms with Crippen molar-refractivity contribution in [1.82, 2.24) is 15.3 Å². The van der Waals surface area contributed by atoms with Gasteiger partial charge in [-0.05, 0) is 37.3 Å². The van der Waals surface area contributed by atoms with Gasteiger partial charge in [0.25, 0.3) is 0 Å². The zero-order valence-electron chi connectivity index (χ0n) is 18.4. The van der Waals surface area contributed by atoms with Gasteiger partial charge in [0, 0.05) is 54.7 Å². The number of urea groups is 1. The van der Waals surface area contributed by atoms with E-state index in [1.165, 1.54) is 6.21 Å². The van der Waals surface area contributed by atoms with Gasteiger partial charge < -0.3 is 25.7 Å². The monoisotopic (exact) mass is 445 g/mol. The van der Waals surface area contributed by atoms with Gasteiger partial charge in [-0.15, -0.1) is 0 Å². The second kappa shape index (κ2) is 10.6. The number of benzene rings is 1. The van der Waals surface area contributed by atoms with Crippen LogP contribution in [0, 0.1) is 12.3 Å². The summed E-state index contributed by atoms with van der Waals surface area (Å²) in [5, 5.41) is 16.5. The molecule has 33 heavy (non-hydrogen) atoms. The van der Waals surface area contributed by atoms with Crippen LogP contribution < -0.4 is 20.9 Å². The van der Waals surface area contributed by atoms with Crippen LogP contribution in [-0.4, -0.2) is 54.6 Å². The number of nitrogens with one attached hydrogen (secondary N) is 4. The highest BCUT2D eigenvalue weighted by molar-refractivity contribution is 5.92. The quantitative estimate of drug-likeness (QED) is 0.414. The first-order chi connectivity index (χ1) is 16.1. The summed E-state index contributed by atoms with van der Waals surface area (Å²) in [6, 6.07) is 15.2. The van der Waals surface area contributed by atoms with Crippen LogP contribution >= 0.6 is 0 Å². The topological polar surface area (TPSA) is 115 Å². The lowest BCUT2D eigenvalue weighted by molar-refractivity contribution is 0.0427. The second-order valence-corrected chi connectivity index (χ2v) is 7.72. The van der Waals surface area contributed by atoms with Crippen LogP contribution in [0.5, 0.6) is 0 Å². The maximum absolute atomic E-state index is 12.4. The Morgan fingerprint density at radius 1 is 1.24 bits per heavy atom. The van der Waals surface area contributed by atoms with E-state index in [-0.39, 0.29) is 12.1 Å². The van der Waals surface area contributed by atoms with Crippen LogP contribution in [0.2, 0.25) is 0 Å². The zero-order chi connectivity index (χ0) is 23.0. The molecule has 0 radical (unpaired) electrons. The fourth-order valence-corrected chi connectivity index (χ4v) is 3.63. The zero-order valence-corrected chi connectivity index (χ0v) is 18.4. The average molecular weight is 446 g/mol. The van der Waals surface area contributed by atoms with Crippen molar-refractivity contribution < 1.29 is 9.53 Å². The Hall–Kier alpha value is -3.98. The predicted molar refractivity (Wildman–Crippen MR) is 130 cm³/mol. The summed E-state index contributed by atoms with van der Waals surface area (Å²) in [4.78, 5) is 23.1. The SMILES string of the molecule is Cc1cc(Nc2cnc(NC(=O)NCC3CN(c4ccccc4)CCO3)cc2C=N)ccn1. The van der Waals surface area contributed by atoms with Crippen molar-refractivity contribution in [1.29, 1.82) is 5.41 Å². The first-order valence-electron chi connectivity index (χ1n) is 10.8. The maximum atomic E-state index is 12.4. The molecule has 0 aliphatic carbocycles. The molecule has 0 saturated carbocycles. The average Bonchev–Trinajstić information content (AvgIpc) is 2.84. The van der Waals surface area contributed by atoms with Gasteiger partial charge in [-0.2, -0.15) is 0 Å². The molecule has 1 fully saturated rings. The highest BCUT2D eigenvalue weighted by Gasteiger charge is 2.21. The van der Waals surface area contributed by atoms with Crippen LogP contribution in [0.3, 0.4) is 0 Å². The predicted octanol–water partition coefficient (Wildman–Crippen LogP) is 3.55. The summed E-state index contributed by atoms with van der Waals surface area (Å²) < 4.78 is 5.81. The first kappa shape index (κ1) is 22.2. The summed E-state index contributed by atoms with van der Waals surface area (Å²) >= 11 is 0. The normalized spacial score (nSPS) is 15.5. The number of carbonyl (C=O) groups excluding carboxylic acids is 1. The lowest BCUT2D eigenvalue weighted by Crippen LogP contribution is -2.48. The fourth-order valence-electron chi connectivity index (χ4n) is 3.63. The molecule has 4 rings (SSSR count). The maximum Gasteiger partial charge on any atom is 0.320 e. The number of carbonyl (C=O) groups is 1. The van der Waals surface area contributed by atoms with Crippen molar-refractivity contribution in [3.05, 3.63) is 72.2 Å². The van der Waals surface area contributed by atoms with Gasteiger partial charge in [0.1, 0.15) is 5.82 Å². The molecule has 9 nitrogen and oxygen atoms in total. The number of nitrogens with zero attached hydrogens (tertiary/aromatic N) is 3. The van der Waals surface area contributed by atoms with Gasteiger partial charge in [-0.3, -0.25) is 10.3 Å². The molecule has 9 heteroatoms. The number of aromatic nitrogens is 2. The van der Waals surface area contributed by atoms with E-state index in [9.17, 15) is 4.79 Å². The summed E-state index contributed by atoms with van der Waals surface area (Å²) in [6.45, 7) is 4.42. The molecule has 1 unspecified atom stereocenters. The van der Waals surface area contributed by atoms with E-state index >= 15 is 0 Å². The summed E-state index contributed by atoms with van der Waals surface area (Å²) in [7, 11) is 0. The molecule has 0 bridgehead atoms. The largest absolute Gasteiger partial charge is 0.373 e. The number of morpholine rings is 1. The Balaban J connectivity index is 1.31. The van der Waals surface area contributed by atoms with Gasteiger partial charge in [0.15, 0.2) is 0 Å². The minimum Gasteiger partial charge on any atom is -0.373 e. The van der Waals surface area contributed by atoms with Crippen LogP contribution in [0.25, 0.3) is 0 Å². The minimum absolute atomic E-state index is 0.106. The van der Waals surface area contributed by atoms with Crippen LogP contribution in [0.4, 0.5) is 27.7 Å². The molecule has 3 aromatic rings. The van der Waals surface area contributed by atoms with Crippen molar-refractivity contribution in [2.45, 2.75) is 13.0 Å². The summed E-state index contributed by atoms with van der Waals surface area (Å²) in [5.41, 5.74) is 4.15. The van der Waals surface area contributed by atoms with E-state index in [4.69, 9.17) is 10.1 Å². The Bertz CT molecular complexity index is 1110. The number of pyridine rings is 2. The molecule has 1 atom stereocenters. The summed E-state index contributed by atoms with van der Waals surface area (Å²) in [6.07, 6.45) is 4.41. The Kier molecular flexibility index (Phi) is 7.11. The number of aryl methyl sites for hydroxylation is 1. The number of para-hydroxylation sites is 1. The molecule has 0 spiro atoms. The lowest BCUT2D eigenvalue weighted by atomic mass is 10.2. The van der Waals surface area contributed by atoms with Gasteiger partial charge in [0.05, 0.1) is 24.6 Å². The van der Waals surface area contributed by atoms with Crippen molar-refractivity contribution >= 4 is 35.1 Å². The molecule has 1 aliphatic rings. The van der Waals surface area contributed by atoms with E-state index in [1.807, 2.05) is 37.3 Å². The number of rotatable bonds is 7. The third-order valence-electron chi connectivity index (χ3n) is 5.26. The second-order valence-electron chi connectivity index (χ2n) is 7.72. The van der Waals surface area contributed by atoms with Crippen molar-refractivity contribution in [2.24, 2.45) is 0 Å². The van der Waals surface area contributed by atoms with E-state index < -0.39 is 0 Å². The standard InChI is InChI=1S/C24H27N7O2/c1-17-11-19(7-8-26-17)29-22-15-27-23(12-18(22)13-25)30-24(32)28-14-21-16-31(9-10-33-21)20-5-3-2-4-6-20/h2-8,11-13,15,21,25H,9-10,14,16H2,1H3,(H,26,29)(H2,27,28,30,32). The van der Waals surface area contributed by atoms with Crippen molar-refractivity contribution in [3.63, 3.8) is 0 Å². The molecule has 170 valence electrons. The van der Waals surface area contributed by atoms with Crippen LogP contribution in [0.15, 0.2) is 60.9 Å². The van der Waals surface area contributed by atoms with E-state index in [1.54, 1.807) is 18.5 Å². The van der Waals surface area contributed by atoms with E-state index in [0.717, 1.165) is 23.6 Å². The number of ether oxygens (including phenoxy) is 1. The number of hydrogen-bond donors (Lipinski definition) is 4. The number of anilines is 4. The molecular formula is C24H27N7O2. The molecule has 3 heterocycles. The Morgan fingerprint density at radius 2 is 2.09 bits per heavy atom. The van der Waals surface area contributed by atoms with Crippen molar-refractivity contribution in [3.8, 4) is 0 Å². The Labute approximate surface area is 192 Å². The van der Waals surface area contributed by atoms with E-state index in [2.05, 4.69) is 43.0 Å². The third-order valence-corrected chi connectivity index (χ3v) is 5.26. The molecule has 1 aromatic carbocycles. The van der Waals surface area contributed by atoms with Crippen molar-refractivity contribution in [2.75, 3.05) is 41.8 Å². The number of amides is 2. The number of hydrogen-bond acceptors (Lipinski definition) is 7. The summed E-state index contributed by atoms with van der Waals surface area (Å²) in [5.74, 6) is 0.359. The molecule has 1 saturated heterocycles. The molecule has 4 N–H and O–H groups in total.